The van der Waals surface area contributed by atoms with Gasteiger partial charge in [-0.2, -0.15) is 0 Å². The zero-order valence-corrected chi connectivity index (χ0v) is 18.1. The van der Waals surface area contributed by atoms with Crippen LogP contribution in [0.3, 0.4) is 0 Å². The number of fused-ring (bicyclic) bond motifs is 1. The Balaban J connectivity index is 1.38. The Morgan fingerprint density at radius 3 is 2.59 bits per heavy atom. The quantitative estimate of drug-likeness (QED) is 0.803. The van der Waals surface area contributed by atoms with Crippen molar-refractivity contribution in [2.75, 3.05) is 13.2 Å². The van der Waals surface area contributed by atoms with Gasteiger partial charge in [-0.05, 0) is 63.3 Å². The largest absolute Gasteiger partial charge is 0.444 e. The maximum Gasteiger partial charge on any atom is 0.407 e. The van der Waals surface area contributed by atoms with E-state index < -0.39 is 21.5 Å². The molecule has 2 aliphatic heterocycles. The van der Waals surface area contributed by atoms with E-state index in [1.165, 1.54) is 5.56 Å². The second-order valence-electron chi connectivity index (χ2n) is 9.35. The Morgan fingerprint density at radius 2 is 1.90 bits per heavy atom. The van der Waals surface area contributed by atoms with Crippen LogP contribution in [0.5, 0.6) is 0 Å². The molecule has 1 aromatic carbocycles. The number of ether oxygens (including phenoxy) is 2. The predicted molar refractivity (Wildman–Crippen MR) is 108 cm³/mol. The monoisotopic (exact) mass is 422 g/mol. The number of alkyl carbamates (subject to hydrolysis) is 1. The first kappa shape index (κ1) is 20.6. The lowest BCUT2D eigenvalue weighted by Crippen LogP contribution is -2.50. The summed E-state index contributed by atoms with van der Waals surface area (Å²) < 4.78 is 36.2. The standard InChI is InChI=1S/C21H30N2O5S/c1-21(2,3)28-20(24)22-16-9-17(13-27-12-16)23-10-14-4-5-19(8-15(14)11-23)29(25,26)18-6-7-18/h4-5,8,16-18H,6-7,9-13H2,1-3H3,(H,22,24)/t16-,17+/m0/s1. The second-order valence-corrected chi connectivity index (χ2v) is 11.6. The van der Waals surface area contributed by atoms with Gasteiger partial charge in [0.15, 0.2) is 9.84 Å². The molecule has 0 spiro atoms. The number of carbonyl (C=O) groups is 1. The van der Waals surface area contributed by atoms with Crippen LogP contribution in [0.4, 0.5) is 4.79 Å². The summed E-state index contributed by atoms with van der Waals surface area (Å²) in [5, 5.41) is 2.72. The number of carbonyl (C=O) groups excluding carboxylic acids is 1. The fourth-order valence-corrected chi connectivity index (χ4v) is 5.75. The van der Waals surface area contributed by atoms with Gasteiger partial charge in [-0.1, -0.05) is 6.07 Å². The molecule has 1 aromatic rings. The molecule has 4 rings (SSSR count). The maximum absolute atomic E-state index is 12.5. The fourth-order valence-electron chi connectivity index (χ4n) is 4.04. The molecule has 2 fully saturated rings. The molecular formula is C21H30N2O5S. The highest BCUT2D eigenvalue weighted by molar-refractivity contribution is 7.92. The van der Waals surface area contributed by atoms with E-state index in [-0.39, 0.29) is 17.3 Å². The van der Waals surface area contributed by atoms with Crippen molar-refractivity contribution in [1.29, 1.82) is 0 Å². The Bertz CT molecular complexity index is 889. The molecule has 1 aliphatic carbocycles. The number of hydrogen-bond acceptors (Lipinski definition) is 6. The summed E-state index contributed by atoms with van der Waals surface area (Å²) in [5.74, 6) is 0. The topological polar surface area (TPSA) is 84.9 Å². The first-order chi connectivity index (χ1) is 13.6. The summed E-state index contributed by atoms with van der Waals surface area (Å²) in [6.07, 6.45) is 1.90. The highest BCUT2D eigenvalue weighted by Crippen LogP contribution is 2.36. The summed E-state index contributed by atoms with van der Waals surface area (Å²) in [6, 6.07) is 5.62. The van der Waals surface area contributed by atoms with E-state index in [0.717, 1.165) is 31.4 Å². The maximum atomic E-state index is 12.5. The molecule has 1 saturated heterocycles. The first-order valence-electron chi connectivity index (χ1n) is 10.3. The van der Waals surface area contributed by atoms with Crippen molar-refractivity contribution in [1.82, 2.24) is 10.2 Å². The summed E-state index contributed by atoms with van der Waals surface area (Å²) in [4.78, 5) is 14.8. The van der Waals surface area contributed by atoms with E-state index in [9.17, 15) is 13.2 Å². The second kappa shape index (κ2) is 7.56. The molecule has 29 heavy (non-hydrogen) atoms. The Labute approximate surface area is 172 Å². The molecule has 7 nitrogen and oxygen atoms in total. The Hall–Kier alpha value is -1.64. The first-order valence-corrected chi connectivity index (χ1v) is 11.8. The molecule has 1 N–H and O–H groups in total. The smallest absolute Gasteiger partial charge is 0.407 e. The molecule has 2 atom stereocenters. The zero-order valence-electron chi connectivity index (χ0n) is 17.3. The van der Waals surface area contributed by atoms with E-state index in [1.54, 1.807) is 6.07 Å². The number of nitrogens with one attached hydrogen (secondary N) is 1. The molecule has 160 valence electrons. The van der Waals surface area contributed by atoms with Gasteiger partial charge >= 0.3 is 6.09 Å². The van der Waals surface area contributed by atoms with E-state index in [2.05, 4.69) is 10.2 Å². The third-order valence-electron chi connectivity index (χ3n) is 5.64. The molecule has 8 heteroatoms. The highest BCUT2D eigenvalue weighted by Gasteiger charge is 2.38. The summed E-state index contributed by atoms with van der Waals surface area (Å²) in [5.41, 5.74) is 1.71. The number of rotatable bonds is 4. The van der Waals surface area contributed by atoms with Gasteiger partial charge in [0.25, 0.3) is 0 Å². The van der Waals surface area contributed by atoms with Crippen LogP contribution in [0.25, 0.3) is 0 Å². The van der Waals surface area contributed by atoms with E-state index >= 15 is 0 Å². The van der Waals surface area contributed by atoms with Crippen molar-refractivity contribution in [2.45, 2.75) is 81.0 Å². The minimum atomic E-state index is -3.17. The third kappa shape index (κ3) is 4.75. The number of benzene rings is 1. The molecule has 3 aliphatic rings. The lowest BCUT2D eigenvalue weighted by molar-refractivity contribution is -0.00782. The van der Waals surface area contributed by atoms with Crippen LogP contribution in [0, 0.1) is 0 Å². The normalized spacial score (nSPS) is 25.5. The molecule has 0 aromatic heterocycles. The van der Waals surface area contributed by atoms with Crippen LogP contribution in [0.1, 0.15) is 51.2 Å². The van der Waals surface area contributed by atoms with Gasteiger partial charge in [-0.25, -0.2) is 13.2 Å². The average molecular weight is 423 g/mol. The molecule has 2 heterocycles. The van der Waals surface area contributed by atoms with Crippen LogP contribution in [-0.2, 0) is 32.4 Å². The minimum Gasteiger partial charge on any atom is -0.444 e. The van der Waals surface area contributed by atoms with Crippen LogP contribution in [-0.4, -0.2) is 55.6 Å². The van der Waals surface area contributed by atoms with Crippen molar-refractivity contribution in [3.8, 4) is 0 Å². The van der Waals surface area contributed by atoms with Gasteiger partial charge in [-0.3, -0.25) is 4.90 Å². The van der Waals surface area contributed by atoms with Gasteiger partial charge in [0.1, 0.15) is 5.60 Å². The molecule has 1 amide bonds. The van der Waals surface area contributed by atoms with Gasteiger partial charge < -0.3 is 14.8 Å². The van der Waals surface area contributed by atoms with Gasteiger partial charge in [0, 0.05) is 19.1 Å². The van der Waals surface area contributed by atoms with Crippen LogP contribution >= 0.6 is 0 Å². The fraction of sp³-hybridized carbons (Fsp3) is 0.667. The highest BCUT2D eigenvalue weighted by atomic mass is 32.2. The van der Waals surface area contributed by atoms with Gasteiger partial charge in [0.05, 0.1) is 29.4 Å². The summed E-state index contributed by atoms with van der Waals surface area (Å²) >= 11 is 0. The van der Waals surface area contributed by atoms with Crippen LogP contribution in [0.15, 0.2) is 23.1 Å². The lowest BCUT2D eigenvalue weighted by Gasteiger charge is -2.35. The number of amides is 1. The van der Waals surface area contributed by atoms with Crippen LogP contribution < -0.4 is 5.32 Å². The molecule has 0 unspecified atom stereocenters. The molecule has 0 radical (unpaired) electrons. The van der Waals surface area contributed by atoms with Gasteiger partial charge in [0.2, 0.25) is 0 Å². The lowest BCUT2D eigenvalue weighted by atomic mass is 10.0. The minimum absolute atomic E-state index is 0.0990. The van der Waals surface area contributed by atoms with Crippen molar-refractivity contribution < 1.29 is 22.7 Å². The molecule has 1 saturated carbocycles. The SMILES string of the molecule is CC(C)(C)OC(=O)N[C@@H]1COC[C@H](N2Cc3ccc(S(=O)(=O)C4CC4)cc3C2)C1. The van der Waals surface area contributed by atoms with Crippen molar-refractivity contribution in [3.05, 3.63) is 29.3 Å². The molecule has 0 bridgehead atoms. The van der Waals surface area contributed by atoms with E-state index in [4.69, 9.17) is 9.47 Å². The van der Waals surface area contributed by atoms with Crippen LogP contribution in [0.2, 0.25) is 0 Å². The Kier molecular flexibility index (Phi) is 5.38. The number of sulfone groups is 1. The van der Waals surface area contributed by atoms with Gasteiger partial charge in [-0.15, -0.1) is 0 Å². The summed E-state index contributed by atoms with van der Waals surface area (Å²) in [7, 11) is -3.17. The predicted octanol–water partition coefficient (Wildman–Crippen LogP) is 2.62. The third-order valence-corrected chi connectivity index (χ3v) is 7.90. The number of nitrogens with zero attached hydrogens (tertiary/aromatic N) is 1. The number of hydrogen-bond donors (Lipinski definition) is 1. The average Bonchev–Trinajstić information content (AvgIpc) is 3.40. The van der Waals surface area contributed by atoms with E-state index in [0.29, 0.717) is 24.7 Å². The zero-order chi connectivity index (χ0) is 20.8. The van der Waals surface area contributed by atoms with E-state index in [1.807, 2.05) is 32.9 Å². The van der Waals surface area contributed by atoms with Crippen molar-refractivity contribution in [2.24, 2.45) is 0 Å². The Morgan fingerprint density at radius 1 is 1.17 bits per heavy atom. The van der Waals surface area contributed by atoms with Crippen molar-refractivity contribution >= 4 is 15.9 Å². The summed E-state index contributed by atoms with van der Waals surface area (Å²) in [6.45, 7) is 8.07. The van der Waals surface area contributed by atoms with Crippen molar-refractivity contribution in [3.63, 3.8) is 0 Å². The molecular weight excluding hydrogens is 392 g/mol.